The molecule has 2 aromatic rings. The van der Waals surface area contributed by atoms with Crippen molar-refractivity contribution < 1.29 is 5.11 Å². The van der Waals surface area contributed by atoms with Gasteiger partial charge in [0.25, 0.3) is 0 Å². The van der Waals surface area contributed by atoms with Crippen LogP contribution in [0.15, 0.2) is 30.5 Å². The van der Waals surface area contributed by atoms with Gasteiger partial charge in [-0.1, -0.05) is 18.2 Å². The van der Waals surface area contributed by atoms with Gasteiger partial charge < -0.3 is 10.1 Å². The fraction of sp³-hybridized carbons (Fsp3) is 0.167. The molecule has 1 heterocycles. The Bertz CT molecular complexity index is 574. The third-order valence-corrected chi connectivity index (χ3v) is 2.53. The minimum absolute atomic E-state index is 0.587. The van der Waals surface area contributed by atoms with Crippen molar-refractivity contribution in [2.45, 2.75) is 6.10 Å². The Morgan fingerprint density at radius 2 is 1.88 bits per heavy atom. The van der Waals surface area contributed by atoms with Crippen LogP contribution in [0, 0.1) is 28.6 Å². The zero-order valence-electron chi connectivity index (χ0n) is 8.38. The summed E-state index contributed by atoms with van der Waals surface area (Å²) in [7, 11) is 0. The Morgan fingerprint density at radius 3 is 2.56 bits per heavy atom. The SMILES string of the molecule is N#CC(C#N)[C@H](O)c1c[nH]c2ccccc12. The first kappa shape index (κ1) is 10.2. The molecule has 0 fully saturated rings. The standard InChI is InChI=1S/C12H9N3O/c13-5-8(6-14)12(16)10-7-15-11-4-2-1-3-9(10)11/h1-4,7-8,12,15-16H/t12-/m0/s1. The highest BCUT2D eigenvalue weighted by Gasteiger charge is 2.22. The molecule has 0 aliphatic heterocycles. The van der Waals surface area contributed by atoms with E-state index >= 15 is 0 Å². The fourth-order valence-corrected chi connectivity index (χ4v) is 1.69. The molecule has 78 valence electrons. The topological polar surface area (TPSA) is 83.6 Å². The van der Waals surface area contributed by atoms with Crippen LogP contribution in [-0.2, 0) is 0 Å². The van der Waals surface area contributed by atoms with Gasteiger partial charge in [0.1, 0.15) is 6.10 Å². The van der Waals surface area contributed by atoms with Crippen molar-refractivity contribution in [2.24, 2.45) is 5.92 Å². The third kappa shape index (κ3) is 1.52. The first-order chi connectivity index (χ1) is 7.77. The number of hydrogen-bond donors (Lipinski definition) is 2. The number of nitrogens with one attached hydrogen (secondary N) is 1. The van der Waals surface area contributed by atoms with Gasteiger partial charge in [0.05, 0.1) is 12.1 Å². The second kappa shape index (κ2) is 4.06. The number of aliphatic hydroxyl groups is 1. The number of nitriles is 2. The highest BCUT2D eigenvalue weighted by atomic mass is 16.3. The smallest absolute Gasteiger partial charge is 0.163 e. The maximum Gasteiger partial charge on any atom is 0.163 e. The molecule has 0 saturated heterocycles. The Kier molecular flexibility index (Phi) is 2.59. The molecule has 2 rings (SSSR count). The summed E-state index contributed by atoms with van der Waals surface area (Å²) in [6.45, 7) is 0. The fourth-order valence-electron chi connectivity index (χ4n) is 1.69. The van der Waals surface area contributed by atoms with Crippen LogP contribution in [0.3, 0.4) is 0 Å². The summed E-state index contributed by atoms with van der Waals surface area (Å²) in [5.74, 6) is -1.04. The maximum absolute atomic E-state index is 9.90. The molecule has 0 saturated carbocycles. The molecule has 4 heteroatoms. The molecular weight excluding hydrogens is 202 g/mol. The van der Waals surface area contributed by atoms with Gasteiger partial charge in [0, 0.05) is 22.7 Å². The predicted octanol–water partition coefficient (Wildman–Crippen LogP) is 1.86. The molecule has 0 radical (unpaired) electrons. The van der Waals surface area contributed by atoms with Gasteiger partial charge in [0.2, 0.25) is 0 Å². The number of aliphatic hydroxyl groups excluding tert-OH is 1. The number of aromatic nitrogens is 1. The van der Waals surface area contributed by atoms with Crippen LogP contribution < -0.4 is 0 Å². The van der Waals surface area contributed by atoms with Crippen LogP contribution in [0.4, 0.5) is 0 Å². The Morgan fingerprint density at radius 1 is 1.19 bits per heavy atom. The lowest BCUT2D eigenvalue weighted by Gasteiger charge is -2.08. The van der Waals surface area contributed by atoms with Crippen molar-refractivity contribution in [1.82, 2.24) is 4.98 Å². The molecule has 0 bridgehead atoms. The van der Waals surface area contributed by atoms with E-state index in [0.717, 1.165) is 10.9 Å². The monoisotopic (exact) mass is 211 g/mol. The zero-order valence-corrected chi connectivity index (χ0v) is 8.38. The lowest BCUT2D eigenvalue weighted by Crippen LogP contribution is -2.07. The lowest BCUT2D eigenvalue weighted by molar-refractivity contribution is 0.158. The highest BCUT2D eigenvalue weighted by molar-refractivity contribution is 5.83. The van der Waals surface area contributed by atoms with Crippen LogP contribution in [0.2, 0.25) is 0 Å². The number of para-hydroxylation sites is 1. The van der Waals surface area contributed by atoms with Gasteiger partial charge in [-0.15, -0.1) is 0 Å². The minimum Gasteiger partial charge on any atom is -0.386 e. The molecule has 4 nitrogen and oxygen atoms in total. The molecule has 1 aromatic heterocycles. The molecular formula is C12H9N3O. The summed E-state index contributed by atoms with van der Waals surface area (Å²) >= 11 is 0. The van der Waals surface area contributed by atoms with Crippen LogP contribution in [0.5, 0.6) is 0 Å². The van der Waals surface area contributed by atoms with Crippen LogP contribution in [-0.4, -0.2) is 10.1 Å². The summed E-state index contributed by atoms with van der Waals surface area (Å²) in [5, 5.41) is 28.2. The normalized spacial score (nSPS) is 12.2. The van der Waals surface area contributed by atoms with Gasteiger partial charge in [0.15, 0.2) is 5.92 Å². The number of H-pyrrole nitrogens is 1. The van der Waals surface area contributed by atoms with E-state index in [4.69, 9.17) is 10.5 Å². The van der Waals surface area contributed by atoms with Gasteiger partial charge >= 0.3 is 0 Å². The summed E-state index contributed by atoms with van der Waals surface area (Å²) in [6, 6.07) is 11.0. The third-order valence-electron chi connectivity index (χ3n) is 2.53. The number of fused-ring (bicyclic) bond motifs is 1. The summed E-state index contributed by atoms with van der Waals surface area (Å²) in [6.07, 6.45) is 0.558. The van der Waals surface area contributed by atoms with Crippen molar-refractivity contribution in [2.75, 3.05) is 0 Å². The van der Waals surface area contributed by atoms with Crippen LogP contribution >= 0.6 is 0 Å². The van der Waals surface area contributed by atoms with E-state index in [-0.39, 0.29) is 0 Å². The number of nitrogens with zero attached hydrogens (tertiary/aromatic N) is 2. The number of aromatic amines is 1. The molecule has 16 heavy (non-hydrogen) atoms. The van der Waals surface area contributed by atoms with Gasteiger partial charge in [-0.05, 0) is 6.07 Å². The van der Waals surface area contributed by atoms with E-state index < -0.39 is 12.0 Å². The Hall–Kier alpha value is -2.30. The second-order valence-corrected chi connectivity index (χ2v) is 3.47. The van der Waals surface area contributed by atoms with Crippen LogP contribution in [0.1, 0.15) is 11.7 Å². The number of rotatable bonds is 2. The lowest BCUT2D eigenvalue weighted by atomic mass is 9.98. The van der Waals surface area contributed by atoms with E-state index in [9.17, 15) is 5.11 Å². The van der Waals surface area contributed by atoms with Crippen molar-refractivity contribution in [1.29, 1.82) is 10.5 Å². The van der Waals surface area contributed by atoms with Gasteiger partial charge in [-0.3, -0.25) is 0 Å². The highest BCUT2D eigenvalue weighted by Crippen LogP contribution is 2.28. The van der Waals surface area contributed by atoms with Gasteiger partial charge in [-0.2, -0.15) is 10.5 Å². The zero-order chi connectivity index (χ0) is 11.5. The van der Waals surface area contributed by atoms with Crippen molar-refractivity contribution in [3.63, 3.8) is 0 Å². The predicted molar refractivity (Wildman–Crippen MR) is 58.0 cm³/mol. The minimum atomic E-state index is -1.08. The summed E-state index contributed by atoms with van der Waals surface area (Å²) in [5.41, 5.74) is 1.47. The molecule has 1 aromatic carbocycles. The summed E-state index contributed by atoms with van der Waals surface area (Å²) < 4.78 is 0. The van der Waals surface area contributed by atoms with Gasteiger partial charge in [-0.25, -0.2) is 0 Å². The average Bonchev–Trinajstić information content (AvgIpc) is 2.74. The maximum atomic E-state index is 9.90. The van der Waals surface area contributed by atoms with Crippen molar-refractivity contribution in [3.05, 3.63) is 36.0 Å². The molecule has 0 spiro atoms. The van der Waals surface area contributed by atoms with E-state index in [2.05, 4.69) is 4.98 Å². The quantitative estimate of drug-likeness (QED) is 0.795. The van der Waals surface area contributed by atoms with E-state index in [1.807, 2.05) is 24.3 Å². The van der Waals surface area contributed by atoms with E-state index in [1.54, 1.807) is 18.3 Å². The first-order valence-corrected chi connectivity index (χ1v) is 4.81. The van der Waals surface area contributed by atoms with E-state index in [1.165, 1.54) is 0 Å². The molecule has 0 unspecified atom stereocenters. The van der Waals surface area contributed by atoms with Crippen molar-refractivity contribution >= 4 is 10.9 Å². The molecule has 1 atom stereocenters. The molecule has 2 N–H and O–H groups in total. The first-order valence-electron chi connectivity index (χ1n) is 4.81. The Labute approximate surface area is 92.4 Å². The molecule has 0 amide bonds. The number of benzene rings is 1. The number of hydrogen-bond acceptors (Lipinski definition) is 3. The second-order valence-electron chi connectivity index (χ2n) is 3.47. The molecule has 0 aliphatic rings. The Balaban J connectivity index is 2.49. The van der Waals surface area contributed by atoms with E-state index in [0.29, 0.717) is 5.56 Å². The van der Waals surface area contributed by atoms with Crippen LogP contribution in [0.25, 0.3) is 10.9 Å². The largest absolute Gasteiger partial charge is 0.386 e. The van der Waals surface area contributed by atoms with Crippen molar-refractivity contribution in [3.8, 4) is 12.1 Å². The molecule has 0 aliphatic carbocycles. The average molecular weight is 211 g/mol. The summed E-state index contributed by atoms with van der Waals surface area (Å²) in [4.78, 5) is 2.99.